The van der Waals surface area contributed by atoms with Crippen LogP contribution in [0.4, 0.5) is 0 Å². The maximum absolute atomic E-state index is 11.8. The van der Waals surface area contributed by atoms with Crippen molar-refractivity contribution in [2.75, 3.05) is 39.6 Å². The number of carboxylic acids is 4. The standard InChI is InChI=1S/C18H32O6.C16H20O6.C12H20O6.C6H12O2/c1-4-18(2,3)17(22)24-14-10-6-8-12-16(21)23-13-9-5-7-11-15(19)20;1-4-16(2,3)15(20)22-10-9-21-14(19)12-8-6-5-7-11(12)13(17)18;1-4-12(2,3)11(16)18-8-7-17-10(15)6-5-9(13)14;1-4-6(2,3)5(7)8/h4-14H2,1-3H3,(H,19,20);5-8H,4,9-10H2,1-3H3,(H,17,18);4-8H2,1-3H3,(H,13,14);4H2,1-3H3,(H,7,8). The molecule has 0 radical (unpaired) electrons. The van der Waals surface area contributed by atoms with Crippen molar-refractivity contribution in [3.63, 3.8) is 0 Å². The minimum absolute atomic E-state index is 0.0128. The summed E-state index contributed by atoms with van der Waals surface area (Å²) in [6.45, 7) is 22.3. The summed E-state index contributed by atoms with van der Waals surface area (Å²) in [6, 6.07) is 5.77. The molecule has 0 saturated heterocycles. The highest BCUT2D eigenvalue weighted by Crippen LogP contribution is 2.23. The Hall–Kier alpha value is -6.08. The first kappa shape index (κ1) is 70.2. The maximum atomic E-state index is 11.8. The fourth-order valence-corrected chi connectivity index (χ4v) is 4.46. The molecule has 0 fully saturated rings. The van der Waals surface area contributed by atoms with Crippen molar-refractivity contribution in [3.05, 3.63) is 35.4 Å². The third kappa shape index (κ3) is 34.3. The minimum atomic E-state index is -1.20. The molecule has 72 heavy (non-hydrogen) atoms. The van der Waals surface area contributed by atoms with Crippen molar-refractivity contribution in [3.8, 4) is 0 Å². The molecule has 1 aromatic carbocycles. The minimum Gasteiger partial charge on any atom is -0.481 e. The molecule has 20 nitrogen and oxygen atoms in total. The highest BCUT2D eigenvalue weighted by molar-refractivity contribution is 6.02. The molecule has 0 saturated carbocycles. The smallest absolute Gasteiger partial charge is 0.339 e. The van der Waals surface area contributed by atoms with Gasteiger partial charge in [-0.2, -0.15) is 0 Å². The van der Waals surface area contributed by atoms with Gasteiger partial charge in [0.05, 0.1) is 58.8 Å². The largest absolute Gasteiger partial charge is 0.481 e. The Bertz CT molecular complexity index is 1840. The lowest BCUT2D eigenvalue weighted by Crippen LogP contribution is -2.27. The Morgan fingerprint density at radius 3 is 1.12 bits per heavy atom. The second-order valence-corrected chi connectivity index (χ2v) is 19.0. The van der Waals surface area contributed by atoms with Gasteiger partial charge in [-0.25, -0.2) is 9.59 Å². The Balaban J connectivity index is -0.000000927. The molecule has 0 amide bonds. The van der Waals surface area contributed by atoms with Crippen molar-refractivity contribution in [2.24, 2.45) is 21.7 Å². The normalized spacial score (nSPS) is 11.0. The number of aliphatic carboxylic acids is 3. The fraction of sp³-hybridized carbons (Fsp3) is 0.692. The van der Waals surface area contributed by atoms with Gasteiger partial charge in [-0.05, 0) is 132 Å². The van der Waals surface area contributed by atoms with E-state index in [0.717, 1.165) is 25.7 Å². The summed E-state index contributed by atoms with van der Waals surface area (Å²) in [7, 11) is 0. The van der Waals surface area contributed by atoms with E-state index in [2.05, 4.69) is 0 Å². The van der Waals surface area contributed by atoms with Gasteiger partial charge in [0.1, 0.15) is 26.4 Å². The van der Waals surface area contributed by atoms with Crippen molar-refractivity contribution in [1.82, 2.24) is 0 Å². The van der Waals surface area contributed by atoms with Crippen LogP contribution in [0.3, 0.4) is 0 Å². The monoisotopic (exact) mass is 1030 g/mol. The molecule has 0 spiro atoms. The number of aromatic carboxylic acids is 1. The third-order valence-electron chi connectivity index (χ3n) is 11.4. The van der Waals surface area contributed by atoms with Crippen molar-refractivity contribution < 1.29 is 96.8 Å². The second-order valence-electron chi connectivity index (χ2n) is 19.0. The lowest BCUT2D eigenvalue weighted by atomic mass is 9.91. The van der Waals surface area contributed by atoms with E-state index in [-0.39, 0.29) is 80.7 Å². The quantitative estimate of drug-likeness (QED) is 0.0306. The maximum Gasteiger partial charge on any atom is 0.339 e. The van der Waals surface area contributed by atoms with E-state index in [1.54, 1.807) is 47.6 Å². The van der Waals surface area contributed by atoms with Gasteiger partial charge >= 0.3 is 59.7 Å². The van der Waals surface area contributed by atoms with Gasteiger partial charge < -0.3 is 48.8 Å². The lowest BCUT2D eigenvalue weighted by molar-refractivity contribution is -0.159. The van der Waals surface area contributed by atoms with Crippen LogP contribution in [0.25, 0.3) is 0 Å². The van der Waals surface area contributed by atoms with E-state index in [9.17, 15) is 47.9 Å². The molecule has 0 bridgehead atoms. The molecular weight excluding hydrogens is 945 g/mol. The highest BCUT2D eigenvalue weighted by Gasteiger charge is 2.29. The first-order valence-electron chi connectivity index (χ1n) is 24.4. The number of benzene rings is 1. The lowest BCUT2D eigenvalue weighted by Gasteiger charge is -2.20. The SMILES string of the molecule is CCC(C)(C)C(=O)O.CCC(C)(C)C(=O)OCCCCCC(=O)OCCCCCC(=O)O.CCC(C)(C)C(=O)OCCOC(=O)CCC(=O)O.CCC(C)(C)C(=O)OCCOC(=O)c1ccccc1C(=O)O. The number of hydrogen-bond acceptors (Lipinski definition) is 16. The van der Waals surface area contributed by atoms with Gasteiger partial charge in [-0.1, -0.05) is 39.8 Å². The average molecular weight is 1030 g/mol. The second kappa shape index (κ2) is 37.7. The van der Waals surface area contributed by atoms with Crippen molar-refractivity contribution in [1.29, 1.82) is 0 Å². The van der Waals surface area contributed by atoms with Crippen LogP contribution in [-0.4, -0.2) is 120 Å². The molecule has 1 aromatic rings. The van der Waals surface area contributed by atoms with Crippen LogP contribution in [0.2, 0.25) is 0 Å². The number of rotatable bonds is 31. The van der Waals surface area contributed by atoms with Crippen LogP contribution >= 0.6 is 0 Å². The summed E-state index contributed by atoms with van der Waals surface area (Å²) >= 11 is 0. The Morgan fingerprint density at radius 1 is 0.389 bits per heavy atom. The van der Waals surface area contributed by atoms with Crippen LogP contribution < -0.4 is 0 Å². The summed E-state index contributed by atoms with van der Waals surface area (Å²) < 4.78 is 29.9. The highest BCUT2D eigenvalue weighted by atomic mass is 16.6. The molecule has 0 atom stereocenters. The number of hydrogen-bond donors (Lipinski definition) is 4. The number of unbranched alkanes of at least 4 members (excludes halogenated alkanes) is 4. The van der Waals surface area contributed by atoms with Crippen LogP contribution in [0.15, 0.2) is 24.3 Å². The van der Waals surface area contributed by atoms with Gasteiger partial charge in [0, 0.05) is 12.8 Å². The summed E-state index contributed by atoms with van der Waals surface area (Å²) in [6.07, 6.45) is 7.14. The van der Waals surface area contributed by atoms with E-state index < -0.39 is 57.5 Å². The van der Waals surface area contributed by atoms with Gasteiger partial charge in [0.15, 0.2) is 0 Å². The summed E-state index contributed by atoms with van der Waals surface area (Å²) in [5.41, 5.74) is -2.27. The zero-order valence-corrected chi connectivity index (χ0v) is 44.8. The molecule has 0 aromatic heterocycles. The molecule has 4 N–H and O–H groups in total. The zero-order valence-electron chi connectivity index (χ0n) is 44.8. The molecule has 412 valence electrons. The topological polar surface area (TPSA) is 307 Å². The molecule has 0 heterocycles. The number of esters is 6. The Kier molecular flexibility index (Phi) is 36.7. The fourth-order valence-electron chi connectivity index (χ4n) is 4.46. The zero-order chi connectivity index (χ0) is 56.1. The molecule has 0 unspecified atom stereocenters. The van der Waals surface area contributed by atoms with Gasteiger partial charge in [-0.3, -0.25) is 38.4 Å². The summed E-state index contributed by atoms with van der Waals surface area (Å²) in [4.78, 5) is 111. The Labute approximate surface area is 425 Å². The first-order chi connectivity index (χ1) is 33.4. The van der Waals surface area contributed by atoms with E-state index in [4.69, 9.17) is 48.8 Å². The molecule has 0 aliphatic heterocycles. The summed E-state index contributed by atoms with van der Waals surface area (Å²) in [5, 5.41) is 34.3. The molecule has 0 aliphatic carbocycles. The van der Waals surface area contributed by atoms with E-state index in [1.807, 2.05) is 41.5 Å². The van der Waals surface area contributed by atoms with Gasteiger partial charge in [0.2, 0.25) is 0 Å². The predicted molar refractivity (Wildman–Crippen MR) is 264 cm³/mol. The van der Waals surface area contributed by atoms with Crippen LogP contribution in [-0.2, 0) is 66.8 Å². The average Bonchev–Trinajstić information content (AvgIpc) is 3.33. The number of carbonyl (C=O) groups is 10. The van der Waals surface area contributed by atoms with E-state index in [0.29, 0.717) is 58.2 Å². The van der Waals surface area contributed by atoms with Crippen molar-refractivity contribution in [2.45, 2.75) is 173 Å². The predicted octanol–water partition coefficient (Wildman–Crippen LogP) is 9.12. The van der Waals surface area contributed by atoms with E-state index >= 15 is 0 Å². The summed E-state index contributed by atoms with van der Waals surface area (Å²) in [5.74, 6) is -6.25. The number of ether oxygens (including phenoxy) is 6. The van der Waals surface area contributed by atoms with Gasteiger partial charge in [0.25, 0.3) is 0 Å². The first-order valence-corrected chi connectivity index (χ1v) is 24.4. The van der Waals surface area contributed by atoms with Crippen LogP contribution in [0, 0.1) is 21.7 Å². The molecule has 20 heteroatoms. The third-order valence-corrected chi connectivity index (χ3v) is 11.4. The molecular formula is C52H84O20. The molecule has 1 rings (SSSR count). The van der Waals surface area contributed by atoms with Gasteiger partial charge in [-0.15, -0.1) is 0 Å². The number of carbonyl (C=O) groups excluding carboxylic acids is 6. The number of carboxylic acid groups (broad SMARTS) is 4. The van der Waals surface area contributed by atoms with Crippen molar-refractivity contribution >= 4 is 59.7 Å². The van der Waals surface area contributed by atoms with E-state index in [1.165, 1.54) is 18.2 Å². The van der Waals surface area contributed by atoms with Crippen LogP contribution in [0.5, 0.6) is 0 Å². The Morgan fingerprint density at radius 2 is 0.736 bits per heavy atom. The molecule has 0 aliphatic rings. The van der Waals surface area contributed by atoms with Crippen LogP contribution in [0.1, 0.15) is 194 Å².